The lowest BCUT2D eigenvalue weighted by Gasteiger charge is -2.35. The van der Waals surface area contributed by atoms with E-state index in [9.17, 15) is 57.8 Å². The molecule has 0 saturated carbocycles. The maximum atomic E-state index is 14.6. The Morgan fingerprint density at radius 2 is 1.64 bits per heavy atom. The Kier molecular flexibility index (Phi) is 20.1. The number of hydrogen-bond donors (Lipinski definition) is 9. The Bertz CT molecular complexity index is 3710. The van der Waals surface area contributed by atoms with Gasteiger partial charge in [-0.25, -0.2) is 4.98 Å². The first-order chi connectivity index (χ1) is 41.7. The average Bonchev–Trinajstić information content (AvgIpc) is 1.84. The van der Waals surface area contributed by atoms with Crippen molar-refractivity contribution in [2.45, 2.75) is 148 Å². The summed E-state index contributed by atoms with van der Waals surface area (Å²) in [6.07, 6.45) is 2.34. The molecule has 9 rings (SSSR count). The van der Waals surface area contributed by atoms with E-state index in [2.05, 4.69) is 31.2 Å². The molecule has 3 aliphatic rings. The quantitative estimate of drug-likeness (QED) is 0.0221. The number of carbonyl (C=O) groups excluding carboxylic acids is 8. The smallest absolute Gasteiger partial charge is 0.396 e. The molecule has 5 heterocycles. The number of likely N-dealkylation sites (tertiary alicyclic amines) is 1. The van der Waals surface area contributed by atoms with E-state index < -0.39 is 90.3 Å². The molecule has 6 aromatic rings. The van der Waals surface area contributed by atoms with Crippen molar-refractivity contribution < 1.29 is 62.6 Å². The monoisotopic (exact) mass is 1260 g/mol. The Labute approximate surface area is 517 Å². The number of aromatic nitrogens is 2. The minimum atomic E-state index is -5.06. The van der Waals surface area contributed by atoms with Crippen LogP contribution in [0.1, 0.15) is 134 Å². The number of carbonyl (C=O) groups is 8. The Hall–Kier alpha value is -7.79. The van der Waals surface area contributed by atoms with E-state index in [1.807, 2.05) is 83.1 Å². The van der Waals surface area contributed by atoms with Gasteiger partial charge in [-0.05, 0) is 116 Å². The highest BCUT2D eigenvalue weighted by Gasteiger charge is 2.46. The van der Waals surface area contributed by atoms with E-state index in [0.717, 1.165) is 38.4 Å². The van der Waals surface area contributed by atoms with Crippen molar-refractivity contribution in [1.82, 2.24) is 36.1 Å². The molecule has 88 heavy (non-hydrogen) atoms. The third kappa shape index (κ3) is 15.0. The van der Waals surface area contributed by atoms with E-state index in [1.165, 1.54) is 34.1 Å². The van der Waals surface area contributed by atoms with Gasteiger partial charge in [-0.2, -0.15) is 0 Å². The number of para-hydroxylation sites is 1. The third-order valence-corrected chi connectivity index (χ3v) is 18.6. The number of fused-ring (bicyclic) bond motifs is 1. The van der Waals surface area contributed by atoms with Crippen LogP contribution in [0.4, 0.5) is 5.69 Å². The molecule has 0 radical (unpaired) electrons. The first-order valence-electron chi connectivity index (χ1n) is 29.3. The summed E-state index contributed by atoms with van der Waals surface area (Å²) in [6, 6.07) is 18.8. The predicted molar refractivity (Wildman–Crippen MR) is 332 cm³/mol. The number of rotatable bonds is 24. The zero-order chi connectivity index (χ0) is 63.4. The number of aliphatic hydroxyl groups is 1. The number of halogens is 1. The summed E-state index contributed by atoms with van der Waals surface area (Å²) < 4.78 is 17.9. The van der Waals surface area contributed by atoms with Crippen molar-refractivity contribution in [3.63, 3.8) is 0 Å². The number of unbranched alkanes of at least 4 members (excludes halogenated alkanes) is 2. The van der Waals surface area contributed by atoms with E-state index >= 15 is 0 Å². The van der Waals surface area contributed by atoms with Crippen LogP contribution < -0.4 is 36.6 Å². The molecule has 1 saturated heterocycles. The van der Waals surface area contributed by atoms with E-state index in [0.29, 0.717) is 59.5 Å². The van der Waals surface area contributed by atoms with Crippen LogP contribution in [-0.2, 0) is 52.6 Å². The van der Waals surface area contributed by atoms with Gasteiger partial charge in [0, 0.05) is 48.7 Å². The van der Waals surface area contributed by atoms with Gasteiger partial charge in [-0.3, -0.25) is 47.8 Å². The molecule has 7 atom stereocenters. The molecule has 0 spiro atoms. The summed E-state index contributed by atoms with van der Waals surface area (Å²) in [5.74, 6) is -3.17. The third-order valence-electron chi connectivity index (χ3n) is 16.4. The van der Waals surface area contributed by atoms with Gasteiger partial charge in [0.1, 0.15) is 42.2 Å². The van der Waals surface area contributed by atoms with Crippen LogP contribution >= 0.6 is 30.5 Å². The number of aryl methyl sites for hydroxylation is 3. The number of benzene rings is 4. The van der Waals surface area contributed by atoms with Crippen LogP contribution in [0.3, 0.4) is 0 Å². The second-order valence-electron chi connectivity index (χ2n) is 23.9. The standard InChI is InChI=1S/C63H73ClN9O13PS/c1-34(36-17-19-39(20-18-36)55-35(2)66-33-88-55)67-58(78)48-30-44(74)31-72(48)61(81)56(63(3,4)5)71-52(76)16-8-6-7-11-37-12-10-15-50(53(37)64)86-32-43(23-26-51(65)75)68-59(79)49-29-40-14-9-13-38-21-25-46(60(80)73(49)54(38)40)70-57(77)47-28-42-27-41(22-24-45(42)69-47)62(82)87(83,84)85/h9-10,12-15,17-20,22,24,27-28,33-34,43-44,46,48-49,56,69,74H,6-8,11,16,21,23,25-26,29-32H2,1-5H3,(H2,65,75)(H,67,78)(H,68,79)(H,70,77)(H,71,76)(H2,83,84,85)/t34-,43-,44+,46-,48-,49-,56+/m0/s1. The van der Waals surface area contributed by atoms with E-state index in [-0.39, 0.29) is 74.9 Å². The molecule has 25 heteroatoms. The lowest BCUT2D eigenvalue weighted by Crippen LogP contribution is -2.57. The Morgan fingerprint density at radius 3 is 2.34 bits per heavy atom. The molecule has 10 N–H and O–H groups in total. The SMILES string of the molecule is Cc1ncsc1-c1ccc([C@H](C)NC(=O)[C@@H]2C[C@@H](O)CN2C(=O)[C@@H](NC(=O)CCCCCc2cccc(OC[C@H](CCC(N)=O)NC(=O)[C@@H]3Cc4cccc5c4N3C(=O)[C@@H](NC(=O)c3cc4cc(C(=O)P(=O)(O)O)ccc4[nH]3)CC5)c2Cl)C(C)(C)C)cc1. The highest BCUT2D eigenvalue weighted by Crippen LogP contribution is 2.41. The molecule has 0 bridgehead atoms. The van der Waals surface area contributed by atoms with Crippen LogP contribution in [0.2, 0.25) is 5.02 Å². The van der Waals surface area contributed by atoms with Crippen LogP contribution in [0.25, 0.3) is 21.3 Å². The van der Waals surface area contributed by atoms with Gasteiger partial charge in [0.15, 0.2) is 0 Å². The number of H-pyrrole nitrogens is 1. The van der Waals surface area contributed by atoms with Crippen LogP contribution in [0.5, 0.6) is 5.75 Å². The fourth-order valence-corrected chi connectivity index (χ4v) is 13.2. The molecule has 4 aromatic carbocycles. The number of primary amides is 1. The summed E-state index contributed by atoms with van der Waals surface area (Å²) >= 11 is 8.49. The number of nitrogens with zero attached hydrogens (tertiary/aromatic N) is 3. The maximum Gasteiger partial charge on any atom is 0.396 e. The molecule has 2 aromatic heterocycles. The lowest BCUT2D eigenvalue weighted by atomic mass is 9.85. The summed E-state index contributed by atoms with van der Waals surface area (Å²) in [6.45, 7) is 9.15. The highest BCUT2D eigenvalue weighted by atomic mass is 35.5. The molecule has 1 fully saturated rings. The van der Waals surface area contributed by atoms with Crippen LogP contribution in [0.15, 0.2) is 90.4 Å². The summed E-state index contributed by atoms with van der Waals surface area (Å²) in [5.41, 5.74) is 11.2. The van der Waals surface area contributed by atoms with Gasteiger partial charge >= 0.3 is 7.60 Å². The number of hydrogen-bond acceptors (Lipinski definition) is 13. The first-order valence-corrected chi connectivity index (χ1v) is 32.2. The summed E-state index contributed by atoms with van der Waals surface area (Å²) in [4.78, 5) is 139. The number of β-amino-alcohol motifs (C(OH)–C–C–N with tert-alkyl or cyclic N) is 1. The fraction of sp³-hybridized carbons (Fsp3) is 0.413. The zero-order valence-corrected chi connectivity index (χ0v) is 51.9. The number of aromatic amines is 1. The molecular weight excluding hydrogens is 1190 g/mol. The molecule has 0 aliphatic carbocycles. The number of thiazole rings is 1. The number of amides is 7. The summed E-state index contributed by atoms with van der Waals surface area (Å²) in [7, 11) is -5.06. The van der Waals surface area contributed by atoms with Crippen molar-refractivity contribution in [2.24, 2.45) is 11.1 Å². The van der Waals surface area contributed by atoms with Crippen molar-refractivity contribution in [3.05, 3.63) is 135 Å². The van der Waals surface area contributed by atoms with Gasteiger partial charge in [-0.15, -0.1) is 11.3 Å². The van der Waals surface area contributed by atoms with E-state index in [4.69, 9.17) is 22.1 Å². The molecule has 3 aliphatic heterocycles. The van der Waals surface area contributed by atoms with Gasteiger partial charge in [0.25, 0.3) is 11.4 Å². The van der Waals surface area contributed by atoms with Crippen molar-refractivity contribution in [3.8, 4) is 16.2 Å². The Balaban J connectivity index is 0.769. The number of nitrogens with two attached hydrogens (primary N) is 1. The van der Waals surface area contributed by atoms with Gasteiger partial charge in [-0.1, -0.05) is 93.4 Å². The van der Waals surface area contributed by atoms with E-state index in [1.54, 1.807) is 29.0 Å². The molecule has 22 nitrogen and oxygen atoms in total. The van der Waals surface area contributed by atoms with Gasteiger partial charge in [0.2, 0.25) is 35.4 Å². The molecule has 466 valence electrons. The summed E-state index contributed by atoms with van der Waals surface area (Å²) in [5, 5.41) is 23.2. The molecule has 0 unspecified atom stereocenters. The minimum Gasteiger partial charge on any atom is -0.490 e. The fourth-order valence-electron chi connectivity index (χ4n) is 11.7. The van der Waals surface area contributed by atoms with Crippen molar-refractivity contribution in [2.75, 3.05) is 18.1 Å². The number of ether oxygens (including phenoxy) is 1. The van der Waals surface area contributed by atoms with Crippen molar-refractivity contribution in [1.29, 1.82) is 0 Å². The van der Waals surface area contributed by atoms with Crippen LogP contribution in [0, 0.1) is 12.3 Å². The lowest BCUT2D eigenvalue weighted by molar-refractivity contribution is -0.144. The van der Waals surface area contributed by atoms with Gasteiger partial charge in [0.05, 0.1) is 45.0 Å². The topological polar surface area (TPSA) is 333 Å². The number of nitrogens with one attached hydrogen (secondary N) is 5. The average molecular weight is 1260 g/mol. The number of aliphatic hydroxyl groups excluding tert-OH is 1. The zero-order valence-electron chi connectivity index (χ0n) is 49.5. The van der Waals surface area contributed by atoms with Gasteiger partial charge < -0.3 is 56.5 Å². The molecule has 7 amide bonds. The van der Waals surface area contributed by atoms with Crippen LogP contribution in [-0.4, -0.2) is 126 Å². The largest absolute Gasteiger partial charge is 0.490 e. The first kappa shape index (κ1) is 64.7. The minimum absolute atomic E-state index is 0.0250. The Morgan fingerprint density at radius 1 is 0.909 bits per heavy atom. The second-order valence-corrected chi connectivity index (χ2v) is 26.7. The predicted octanol–water partition coefficient (Wildman–Crippen LogP) is 6.88. The normalized spacial score (nSPS) is 18.4. The second kappa shape index (κ2) is 27.3. The maximum absolute atomic E-state index is 14.6. The number of anilines is 1. The highest BCUT2D eigenvalue weighted by molar-refractivity contribution is 7.70. The molecular formula is C63H73ClN9O13PS. The van der Waals surface area contributed by atoms with Crippen molar-refractivity contribution >= 4 is 94.0 Å².